The molecule has 1 saturated carbocycles. The highest BCUT2D eigenvalue weighted by Gasteiger charge is 2.51. The fraction of sp³-hybridized carbons (Fsp3) is 0.636. The lowest BCUT2D eigenvalue weighted by molar-refractivity contribution is 0.119. The summed E-state index contributed by atoms with van der Waals surface area (Å²) in [6.07, 6.45) is 7.46. The molecule has 30 heavy (non-hydrogen) atoms. The minimum Gasteiger partial charge on any atom is -0.314 e. The van der Waals surface area contributed by atoms with Crippen molar-refractivity contribution in [2.24, 2.45) is 0 Å². The Hall–Kier alpha value is -1.12. The van der Waals surface area contributed by atoms with E-state index in [1.165, 1.54) is 34.7 Å². The van der Waals surface area contributed by atoms with Gasteiger partial charge in [0, 0.05) is 42.8 Å². The van der Waals surface area contributed by atoms with E-state index in [0.717, 1.165) is 18.0 Å². The van der Waals surface area contributed by atoms with Crippen molar-refractivity contribution in [2.45, 2.75) is 56.5 Å². The number of hydrogen-bond donors (Lipinski definition) is 2. The summed E-state index contributed by atoms with van der Waals surface area (Å²) >= 11 is 6.14. The Morgan fingerprint density at radius 2 is 2.00 bits per heavy atom. The Bertz CT molecular complexity index is 883. The summed E-state index contributed by atoms with van der Waals surface area (Å²) in [6, 6.07) is 8.92. The normalized spacial score (nSPS) is 25.7. The molecule has 166 valence electrons. The Labute approximate surface area is 185 Å². The second kappa shape index (κ2) is 8.79. The first-order valence-electron chi connectivity index (χ1n) is 11.0. The third-order valence-electron chi connectivity index (χ3n) is 6.99. The van der Waals surface area contributed by atoms with Crippen LogP contribution in [0, 0.1) is 0 Å². The van der Waals surface area contributed by atoms with Crippen LogP contribution in [0.2, 0.25) is 5.02 Å². The molecule has 2 aliphatic heterocycles. The van der Waals surface area contributed by atoms with Crippen LogP contribution in [0.3, 0.4) is 0 Å². The van der Waals surface area contributed by atoms with Crippen LogP contribution < -0.4 is 10.7 Å². The van der Waals surface area contributed by atoms with Crippen molar-refractivity contribution in [2.75, 3.05) is 32.4 Å². The number of rotatable bonds is 8. The van der Waals surface area contributed by atoms with Crippen LogP contribution in [0.25, 0.3) is 0 Å². The monoisotopic (exact) mass is 452 g/mol. The Morgan fingerprint density at radius 1 is 1.27 bits per heavy atom. The van der Waals surface area contributed by atoms with Gasteiger partial charge in [0.15, 0.2) is 0 Å². The van der Waals surface area contributed by atoms with Crippen LogP contribution in [0.5, 0.6) is 0 Å². The predicted molar refractivity (Wildman–Crippen MR) is 122 cm³/mol. The van der Waals surface area contributed by atoms with E-state index in [1.54, 1.807) is 7.05 Å². The summed E-state index contributed by atoms with van der Waals surface area (Å²) in [4.78, 5) is 0. The summed E-state index contributed by atoms with van der Waals surface area (Å²) in [5.74, 6) is 0.205. The Morgan fingerprint density at radius 3 is 2.63 bits per heavy atom. The molecule has 2 heterocycles. The van der Waals surface area contributed by atoms with E-state index >= 15 is 0 Å². The molecule has 1 aromatic carbocycles. The highest BCUT2D eigenvalue weighted by Crippen LogP contribution is 2.49. The quantitative estimate of drug-likeness (QED) is 0.635. The highest BCUT2D eigenvalue weighted by molar-refractivity contribution is 7.89. The Balaban J connectivity index is 1.46. The van der Waals surface area contributed by atoms with E-state index in [9.17, 15) is 8.42 Å². The van der Waals surface area contributed by atoms with Crippen molar-refractivity contribution in [1.29, 1.82) is 0 Å². The fourth-order valence-corrected chi connectivity index (χ4v) is 6.45. The number of fused-ring (bicyclic) bond motifs is 1. The SMILES string of the molecule is CCCS(=O)(=O)N(C)CCN1C=C2CCNC(C3(c4ccc(Cl)cc4)CCC3)C2N1. The topological polar surface area (TPSA) is 64.7 Å². The summed E-state index contributed by atoms with van der Waals surface area (Å²) in [6.45, 7) is 3.99. The van der Waals surface area contributed by atoms with Gasteiger partial charge in [-0.3, -0.25) is 0 Å². The number of nitrogens with zero attached hydrogens (tertiary/aromatic N) is 2. The maximum atomic E-state index is 12.2. The Kier molecular flexibility index (Phi) is 6.47. The van der Waals surface area contributed by atoms with Gasteiger partial charge in [-0.15, -0.1) is 0 Å². The third kappa shape index (κ3) is 4.15. The molecule has 1 saturated heterocycles. The minimum absolute atomic E-state index is 0.124. The highest BCUT2D eigenvalue weighted by atomic mass is 35.5. The molecule has 1 aromatic rings. The van der Waals surface area contributed by atoms with Crippen molar-refractivity contribution < 1.29 is 8.42 Å². The van der Waals surface area contributed by atoms with Crippen LogP contribution in [0.4, 0.5) is 0 Å². The molecule has 0 aromatic heterocycles. The van der Waals surface area contributed by atoms with E-state index < -0.39 is 10.0 Å². The molecule has 4 rings (SSSR count). The molecule has 8 heteroatoms. The smallest absolute Gasteiger partial charge is 0.213 e. The lowest BCUT2D eigenvalue weighted by Crippen LogP contribution is -2.64. The van der Waals surface area contributed by atoms with E-state index in [-0.39, 0.29) is 17.2 Å². The zero-order valence-electron chi connectivity index (χ0n) is 17.9. The second-order valence-electron chi connectivity index (χ2n) is 8.84. The molecular formula is C22H33ClN4O2S. The molecule has 1 aliphatic carbocycles. The van der Waals surface area contributed by atoms with E-state index in [0.29, 0.717) is 25.6 Å². The van der Waals surface area contributed by atoms with Crippen LogP contribution in [0.15, 0.2) is 36.0 Å². The zero-order chi connectivity index (χ0) is 21.4. The van der Waals surface area contributed by atoms with Crippen LogP contribution in [0.1, 0.15) is 44.6 Å². The predicted octanol–water partition coefficient (Wildman–Crippen LogP) is 2.87. The molecule has 6 nitrogen and oxygen atoms in total. The number of sulfonamides is 1. The zero-order valence-corrected chi connectivity index (χ0v) is 19.5. The van der Waals surface area contributed by atoms with Crippen molar-refractivity contribution in [3.63, 3.8) is 0 Å². The maximum Gasteiger partial charge on any atom is 0.213 e. The molecule has 2 fully saturated rings. The van der Waals surface area contributed by atoms with Gasteiger partial charge in [-0.2, -0.15) is 0 Å². The lowest BCUT2D eigenvalue weighted by Gasteiger charge is -2.52. The molecule has 0 amide bonds. The fourth-order valence-electron chi connectivity index (χ4n) is 5.14. The van der Waals surface area contributed by atoms with Gasteiger partial charge in [0.25, 0.3) is 0 Å². The van der Waals surface area contributed by atoms with Crippen LogP contribution >= 0.6 is 11.6 Å². The molecule has 2 N–H and O–H groups in total. The third-order valence-corrected chi connectivity index (χ3v) is 9.30. The number of hydrazine groups is 1. The van der Waals surface area contributed by atoms with E-state index in [2.05, 4.69) is 34.1 Å². The molecule has 2 atom stereocenters. The largest absolute Gasteiger partial charge is 0.314 e. The maximum absolute atomic E-state index is 12.2. The molecule has 0 radical (unpaired) electrons. The molecular weight excluding hydrogens is 420 g/mol. The standard InChI is InChI=1S/C22H33ClN4O2S/c1-3-15-30(28,29)26(2)13-14-27-16-17-9-12-24-21(20(17)25-27)22(10-4-11-22)18-5-7-19(23)8-6-18/h5-8,16,20-21,24-25H,3-4,9-15H2,1-2H3. The number of likely N-dealkylation sites (N-methyl/N-ethyl adjacent to an activating group) is 1. The van der Waals surface area contributed by atoms with Gasteiger partial charge in [0.05, 0.1) is 11.8 Å². The minimum atomic E-state index is -3.16. The van der Waals surface area contributed by atoms with E-state index in [4.69, 9.17) is 11.6 Å². The summed E-state index contributed by atoms with van der Waals surface area (Å²) in [5, 5.41) is 6.67. The first kappa shape index (κ1) is 22.1. The number of benzene rings is 1. The first-order chi connectivity index (χ1) is 14.4. The van der Waals surface area contributed by atoms with Crippen molar-refractivity contribution in [3.05, 3.63) is 46.6 Å². The van der Waals surface area contributed by atoms with Crippen molar-refractivity contribution in [3.8, 4) is 0 Å². The number of hydrogen-bond acceptors (Lipinski definition) is 5. The second-order valence-corrected chi connectivity index (χ2v) is 11.5. The first-order valence-corrected chi connectivity index (χ1v) is 13.0. The molecule has 3 aliphatic rings. The number of halogens is 1. The van der Waals surface area contributed by atoms with Crippen LogP contribution in [-0.4, -0.2) is 62.3 Å². The average molecular weight is 453 g/mol. The van der Waals surface area contributed by atoms with Gasteiger partial charge in [-0.25, -0.2) is 18.1 Å². The van der Waals surface area contributed by atoms with Gasteiger partial charge in [0.2, 0.25) is 10.0 Å². The van der Waals surface area contributed by atoms with Gasteiger partial charge >= 0.3 is 0 Å². The van der Waals surface area contributed by atoms with Gasteiger partial charge in [-0.05, 0) is 55.5 Å². The average Bonchev–Trinajstić information content (AvgIpc) is 3.10. The number of piperidine rings is 1. The lowest BCUT2D eigenvalue weighted by atomic mass is 9.57. The van der Waals surface area contributed by atoms with Gasteiger partial charge in [-0.1, -0.05) is 37.1 Å². The van der Waals surface area contributed by atoms with Gasteiger partial charge in [0.1, 0.15) is 0 Å². The van der Waals surface area contributed by atoms with Crippen molar-refractivity contribution >= 4 is 21.6 Å². The number of nitrogens with one attached hydrogen (secondary N) is 2. The van der Waals surface area contributed by atoms with E-state index in [1.807, 2.05) is 19.1 Å². The molecule has 2 unspecified atom stereocenters. The summed E-state index contributed by atoms with van der Waals surface area (Å²) in [7, 11) is -1.49. The van der Waals surface area contributed by atoms with Crippen molar-refractivity contribution in [1.82, 2.24) is 20.1 Å². The van der Waals surface area contributed by atoms with Crippen LogP contribution in [-0.2, 0) is 15.4 Å². The summed E-state index contributed by atoms with van der Waals surface area (Å²) < 4.78 is 26.0. The van der Waals surface area contributed by atoms with Gasteiger partial charge < -0.3 is 10.3 Å². The summed E-state index contributed by atoms with van der Waals surface area (Å²) in [5.41, 5.74) is 6.57. The molecule has 0 bridgehead atoms. The molecule has 0 spiro atoms.